The molecule has 0 aromatic heterocycles. The fraction of sp³-hybridized carbons (Fsp3) is 0.133. The normalized spacial score (nSPS) is 13.1. The zero-order chi connectivity index (χ0) is 14.1. The van der Waals surface area contributed by atoms with Gasteiger partial charge in [0.05, 0.1) is 4.47 Å². The molecule has 0 aliphatic carbocycles. The molecule has 2 aromatic carbocycles. The van der Waals surface area contributed by atoms with Crippen molar-refractivity contribution in [2.45, 2.75) is 0 Å². The SMILES string of the molecule is Nc1cccc(C(=O)c2ccc3c(c2)OCCO3)c1Br. The Morgan fingerprint density at radius 3 is 2.65 bits per heavy atom. The number of ketones is 1. The monoisotopic (exact) mass is 333 g/mol. The number of nitrogen functional groups attached to an aromatic ring is 1. The van der Waals surface area contributed by atoms with Crippen molar-refractivity contribution >= 4 is 27.4 Å². The fourth-order valence-electron chi connectivity index (χ4n) is 2.07. The lowest BCUT2D eigenvalue weighted by Gasteiger charge is -2.18. The van der Waals surface area contributed by atoms with E-state index in [9.17, 15) is 4.79 Å². The molecular weight excluding hydrogens is 322 g/mol. The van der Waals surface area contributed by atoms with Gasteiger partial charge in [0.2, 0.25) is 0 Å². The third-order valence-corrected chi connectivity index (χ3v) is 3.96. The first-order valence-corrected chi connectivity index (χ1v) is 6.94. The summed E-state index contributed by atoms with van der Waals surface area (Å²) in [5, 5.41) is 0. The van der Waals surface area contributed by atoms with E-state index in [0.29, 0.717) is 46.0 Å². The van der Waals surface area contributed by atoms with Crippen LogP contribution in [0.3, 0.4) is 0 Å². The third kappa shape index (κ3) is 2.25. The van der Waals surface area contributed by atoms with E-state index in [4.69, 9.17) is 15.2 Å². The van der Waals surface area contributed by atoms with Crippen LogP contribution < -0.4 is 15.2 Å². The van der Waals surface area contributed by atoms with E-state index in [1.807, 2.05) is 0 Å². The summed E-state index contributed by atoms with van der Waals surface area (Å²) in [6.07, 6.45) is 0. The number of nitrogens with two attached hydrogens (primary N) is 1. The van der Waals surface area contributed by atoms with Crippen LogP contribution in [0.15, 0.2) is 40.9 Å². The van der Waals surface area contributed by atoms with Crippen molar-refractivity contribution in [2.24, 2.45) is 0 Å². The van der Waals surface area contributed by atoms with E-state index in [1.165, 1.54) is 0 Å². The molecular formula is C15H12BrNO3. The molecule has 102 valence electrons. The Morgan fingerprint density at radius 2 is 1.85 bits per heavy atom. The topological polar surface area (TPSA) is 61.6 Å². The van der Waals surface area contributed by atoms with E-state index < -0.39 is 0 Å². The molecule has 0 radical (unpaired) electrons. The molecule has 0 saturated carbocycles. The summed E-state index contributed by atoms with van der Waals surface area (Å²) in [7, 11) is 0. The highest BCUT2D eigenvalue weighted by Gasteiger charge is 2.18. The first-order valence-electron chi connectivity index (χ1n) is 6.15. The van der Waals surface area contributed by atoms with Gasteiger partial charge >= 0.3 is 0 Å². The second-order valence-electron chi connectivity index (χ2n) is 4.40. The number of halogens is 1. The number of hydrogen-bond acceptors (Lipinski definition) is 4. The van der Waals surface area contributed by atoms with Gasteiger partial charge in [-0.15, -0.1) is 0 Å². The number of ether oxygens (including phenoxy) is 2. The van der Waals surface area contributed by atoms with Gasteiger partial charge in [-0.25, -0.2) is 0 Å². The average molecular weight is 334 g/mol. The summed E-state index contributed by atoms with van der Waals surface area (Å²) in [6, 6.07) is 10.4. The fourth-order valence-corrected chi connectivity index (χ4v) is 2.51. The Labute approximate surface area is 124 Å². The zero-order valence-electron chi connectivity index (χ0n) is 10.6. The maximum atomic E-state index is 12.5. The number of carbonyl (C=O) groups excluding carboxylic acids is 1. The standard InChI is InChI=1S/C15H12BrNO3/c16-14-10(2-1-3-11(14)17)15(18)9-4-5-12-13(8-9)20-7-6-19-12/h1-5,8H,6-7,17H2. The predicted octanol–water partition coefficient (Wildman–Crippen LogP) is 3.03. The minimum atomic E-state index is -0.110. The van der Waals surface area contributed by atoms with Gasteiger partial charge in [-0.05, 0) is 46.3 Å². The molecule has 0 bridgehead atoms. The molecule has 2 aromatic rings. The number of carbonyl (C=O) groups is 1. The lowest BCUT2D eigenvalue weighted by molar-refractivity contribution is 0.103. The van der Waals surface area contributed by atoms with Gasteiger partial charge in [-0.2, -0.15) is 0 Å². The minimum absolute atomic E-state index is 0.110. The molecule has 2 N–H and O–H groups in total. The summed E-state index contributed by atoms with van der Waals surface area (Å²) in [5.74, 6) is 1.16. The van der Waals surface area contributed by atoms with Crippen molar-refractivity contribution in [3.05, 3.63) is 52.0 Å². The Kier molecular flexibility index (Phi) is 3.36. The first-order chi connectivity index (χ1) is 9.66. The summed E-state index contributed by atoms with van der Waals surface area (Å²) in [4.78, 5) is 12.5. The van der Waals surface area contributed by atoms with E-state index in [1.54, 1.807) is 36.4 Å². The highest BCUT2D eigenvalue weighted by Crippen LogP contribution is 2.32. The molecule has 20 heavy (non-hydrogen) atoms. The second-order valence-corrected chi connectivity index (χ2v) is 5.19. The van der Waals surface area contributed by atoms with Crippen LogP contribution in [0.25, 0.3) is 0 Å². The number of hydrogen-bond donors (Lipinski definition) is 1. The van der Waals surface area contributed by atoms with E-state index >= 15 is 0 Å². The molecule has 0 saturated heterocycles. The van der Waals surface area contributed by atoms with Crippen molar-refractivity contribution in [3.8, 4) is 11.5 Å². The maximum Gasteiger partial charge on any atom is 0.194 e. The maximum absolute atomic E-state index is 12.5. The van der Waals surface area contributed by atoms with Crippen LogP contribution in [-0.2, 0) is 0 Å². The second kappa shape index (κ2) is 5.17. The minimum Gasteiger partial charge on any atom is -0.486 e. The highest BCUT2D eigenvalue weighted by molar-refractivity contribution is 9.10. The molecule has 0 unspecified atom stereocenters. The summed E-state index contributed by atoms with van der Waals surface area (Å²) in [6.45, 7) is 1.02. The van der Waals surface area contributed by atoms with Gasteiger partial charge in [-0.3, -0.25) is 4.79 Å². The molecule has 0 fully saturated rings. The van der Waals surface area contributed by atoms with Crippen molar-refractivity contribution in [2.75, 3.05) is 18.9 Å². The first kappa shape index (κ1) is 13.0. The van der Waals surface area contributed by atoms with Crippen LogP contribution >= 0.6 is 15.9 Å². The van der Waals surface area contributed by atoms with E-state index in [2.05, 4.69) is 15.9 Å². The molecule has 0 atom stereocenters. The lowest BCUT2D eigenvalue weighted by atomic mass is 10.0. The number of benzene rings is 2. The smallest absolute Gasteiger partial charge is 0.194 e. The van der Waals surface area contributed by atoms with Crippen LogP contribution in [0.1, 0.15) is 15.9 Å². The Hall–Kier alpha value is -2.01. The number of anilines is 1. The van der Waals surface area contributed by atoms with Gasteiger partial charge in [0.15, 0.2) is 17.3 Å². The molecule has 5 heteroatoms. The van der Waals surface area contributed by atoms with Crippen LogP contribution in [0, 0.1) is 0 Å². The molecule has 3 rings (SSSR count). The van der Waals surface area contributed by atoms with Crippen LogP contribution in [0.2, 0.25) is 0 Å². The zero-order valence-corrected chi connectivity index (χ0v) is 12.1. The molecule has 1 heterocycles. The molecule has 1 aliphatic heterocycles. The van der Waals surface area contributed by atoms with Gasteiger partial charge in [-0.1, -0.05) is 6.07 Å². The highest BCUT2D eigenvalue weighted by atomic mass is 79.9. The van der Waals surface area contributed by atoms with Gasteiger partial charge < -0.3 is 15.2 Å². The van der Waals surface area contributed by atoms with Crippen LogP contribution in [-0.4, -0.2) is 19.0 Å². The Balaban J connectivity index is 2.00. The largest absolute Gasteiger partial charge is 0.486 e. The predicted molar refractivity (Wildman–Crippen MR) is 79.4 cm³/mol. The molecule has 0 amide bonds. The summed E-state index contributed by atoms with van der Waals surface area (Å²) in [5.41, 5.74) is 7.41. The Morgan fingerprint density at radius 1 is 1.10 bits per heavy atom. The average Bonchev–Trinajstić information content (AvgIpc) is 2.49. The summed E-state index contributed by atoms with van der Waals surface area (Å²) < 4.78 is 11.5. The van der Waals surface area contributed by atoms with Crippen molar-refractivity contribution in [1.82, 2.24) is 0 Å². The molecule has 0 spiro atoms. The Bertz CT molecular complexity index is 685. The van der Waals surface area contributed by atoms with Crippen molar-refractivity contribution < 1.29 is 14.3 Å². The molecule has 1 aliphatic rings. The summed E-state index contributed by atoms with van der Waals surface area (Å²) >= 11 is 3.35. The van der Waals surface area contributed by atoms with Crippen molar-refractivity contribution in [1.29, 1.82) is 0 Å². The van der Waals surface area contributed by atoms with Gasteiger partial charge in [0, 0.05) is 16.8 Å². The van der Waals surface area contributed by atoms with Crippen molar-refractivity contribution in [3.63, 3.8) is 0 Å². The molecule has 4 nitrogen and oxygen atoms in total. The van der Waals surface area contributed by atoms with Gasteiger partial charge in [0.1, 0.15) is 13.2 Å². The quantitative estimate of drug-likeness (QED) is 0.677. The van der Waals surface area contributed by atoms with Crippen LogP contribution in [0.4, 0.5) is 5.69 Å². The lowest BCUT2D eigenvalue weighted by Crippen LogP contribution is -2.16. The van der Waals surface area contributed by atoms with E-state index in [-0.39, 0.29) is 5.78 Å². The third-order valence-electron chi connectivity index (χ3n) is 3.08. The van der Waals surface area contributed by atoms with Crippen LogP contribution in [0.5, 0.6) is 11.5 Å². The van der Waals surface area contributed by atoms with E-state index in [0.717, 1.165) is 0 Å². The number of fused-ring (bicyclic) bond motifs is 1. The number of rotatable bonds is 2. The van der Waals surface area contributed by atoms with Gasteiger partial charge in [0.25, 0.3) is 0 Å².